The van der Waals surface area contributed by atoms with E-state index in [2.05, 4.69) is 36.8 Å². The van der Waals surface area contributed by atoms with Crippen LogP contribution in [0.5, 0.6) is 0 Å². The Morgan fingerprint density at radius 2 is 1.79 bits per heavy atom. The Morgan fingerprint density at radius 1 is 1.08 bits per heavy atom. The van der Waals surface area contributed by atoms with Gasteiger partial charge in [-0.05, 0) is 92.2 Å². The van der Waals surface area contributed by atoms with Crippen LogP contribution in [0.2, 0.25) is 0 Å². The smallest absolute Gasteiger partial charge is 0.249 e. The van der Waals surface area contributed by atoms with Crippen molar-refractivity contribution in [2.24, 2.45) is 28.6 Å². The topological polar surface area (TPSA) is 128 Å². The minimum Gasteiger partial charge on any atom is -0.545 e. The summed E-state index contributed by atoms with van der Waals surface area (Å²) >= 11 is 0. The Kier molecular flexibility index (Phi) is 7.22. The number of nitrogens with one attached hydrogen (secondary N) is 2. The van der Waals surface area contributed by atoms with E-state index in [1.165, 1.54) is 17.7 Å². The summed E-state index contributed by atoms with van der Waals surface area (Å²) in [5, 5.41) is 25.0. The van der Waals surface area contributed by atoms with Gasteiger partial charge in [0.05, 0.1) is 11.7 Å². The Labute approximate surface area is 229 Å². The molecule has 3 fully saturated rings. The standard InChI is InChI=1S/C31H40N2O6/c1-19(34)31(38)15-12-26-24-9-8-22-16-23(10-13-29(22,2)25(24)11-14-30(26,31)3)33-39-18-27(35)32-17-20-4-6-21(7-5-20)28(36)37/h4-7,10,16,24-26,33,38H,8-9,11-15,17-18H2,1-3H3,(H,32,35)(H,36,37)/p-1/t24-,25+,26+,29+,30+,31-/m1/s1. The van der Waals surface area contributed by atoms with Crippen LogP contribution in [0.1, 0.15) is 81.6 Å². The maximum atomic E-state index is 12.4. The van der Waals surface area contributed by atoms with E-state index in [-0.39, 0.29) is 41.2 Å². The average Bonchev–Trinajstić information content (AvgIpc) is 3.19. The van der Waals surface area contributed by atoms with E-state index in [0.717, 1.165) is 49.8 Å². The number of benzene rings is 1. The molecule has 8 nitrogen and oxygen atoms in total. The molecular weight excluding hydrogens is 496 g/mol. The summed E-state index contributed by atoms with van der Waals surface area (Å²) in [5.74, 6) is -0.183. The fraction of sp³-hybridized carbons (Fsp3) is 0.581. The number of carboxylic acid groups (broad SMARTS) is 1. The van der Waals surface area contributed by atoms with Gasteiger partial charge in [-0.2, -0.15) is 0 Å². The van der Waals surface area contributed by atoms with Crippen molar-refractivity contribution in [3.8, 4) is 0 Å². The SMILES string of the molecule is CC(=O)[C@]1(O)CC[C@H]2[C@@H]3CCC4=CC(NOCC(=O)NCc5ccc(C(=O)[O-])cc5)=CC[C@]4(C)[C@H]3CC[C@@]21C. The van der Waals surface area contributed by atoms with Crippen LogP contribution in [0.15, 0.2) is 47.7 Å². The first-order valence-electron chi connectivity index (χ1n) is 14.1. The molecule has 0 spiro atoms. The van der Waals surface area contributed by atoms with Gasteiger partial charge in [0.1, 0.15) is 5.60 Å². The molecule has 0 aliphatic heterocycles. The fourth-order valence-electron chi connectivity index (χ4n) is 8.28. The van der Waals surface area contributed by atoms with Gasteiger partial charge in [0.15, 0.2) is 12.4 Å². The highest BCUT2D eigenvalue weighted by Crippen LogP contribution is 2.67. The van der Waals surface area contributed by atoms with Gasteiger partial charge in [-0.3, -0.25) is 19.9 Å². The quantitative estimate of drug-likeness (QED) is 0.437. The van der Waals surface area contributed by atoms with Gasteiger partial charge < -0.3 is 20.3 Å². The molecule has 0 bridgehead atoms. The Morgan fingerprint density at radius 3 is 2.49 bits per heavy atom. The lowest BCUT2D eigenvalue weighted by molar-refractivity contribution is -0.255. The number of amides is 1. The van der Waals surface area contributed by atoms with Crippen molar-refractivity contribution in [1.82, 2.24) is 10.8 Å². The molecular formula is C31H39N2O6-. The predicted molar refractivity (Wildman–Crippen MR) is 143 cm³/mol. The number of aromatic carboxylic acids is 1. The maximum absolute atomic E-state index is 12.4. The number of carbonyl (C=O) groups excluding carboxylic acids is 3. The number of allylic oxidation sites excluding steroid dienone is 3. The van der Waals surface area contributed by atoms with E-state index >= 15 is 0 Å². The van der Waals surface area contributed by atoms with Crippen LogP contribution >= 0.6 is 0 Å². The lowest BCUT2D eigenvalue weighted by Gasteiger charge is -2.58. The second-order valence-corrected chi connectivity index (χ2v) is 12.4. The molecule has 1 amide bonds. The van der Waals surface area contributed by atoms with E-state index < -0.39 is 11.6 Å². The lowest BCUT2D eigenvalue weighted by Crippen LogP contribution is -2.56. The second-order valence-electron chi connectivity index (χ2n) is 12.4. The molecule has 4 aliphatic rings. The number of hydroxylamine groups is 1. The van der Waals surface area contributed by atoms with E-state index in [1.807, 2.05) is 0 Å². The van der Waals surface area contributed by atoms with Crippen LogP contribution in [0.3, 0.4) is 0 Å². The number of ketones is 1. The predicted octanol–water partition coefficient (Wildman–Crippen LogP) is 2.96. The van der Waals surface area contributed by atoms with E-state index in [4.69, 9.17) is 4.84 Å². The normalized spacial score (nSPS) is 35.0. The third-order valence-corrected chi connectivity index (χ3v) is 10.6. The van der Waals surface area contributed by atoms with Crippen LogP contribution < -0.4 is 15.9 Å². The summed E-state index contributed by atoms with van der Waals surface area (Å²) in [7, 11) is 0. The number of carboxylic acids is 1. The lowest BCUT2D eigenvalue weighted by atomic mass is 9.46. The molecule has 6 atom stereocenters. The van der Waals surface area contributed by atoms with Crippen molar-refractivity contribution in [2.45, 2.75) is 77.9 Å². The first-order chi connectivity index (χ1) is 18.5. The zero-order valence-electron chi connectivity index (χ0n) is 23.0. The summed E-state index contributed by atoms with van der Waals surface area (Å²) in [6, 6.07) is 6.17. The molecule has 3 N–H and O–H groups in total. The highest BCUT2D eigenvalue weighted by Gasteiger charge is 2.65. The molecule has 8 heteroatoms. The van der Waals surface area contributed by atoms with Crippen molar-refractivity contribution < 1.29 is 29.4 Å². The van der Waals surface area contributed by atoms with E-state index in [0.29, 0.717) is 24.2 Å². The minimum atomic E-state index is -1.23. The van der Waals surface area contributed by atoms with Crippen LogP contribution in [0.25, 0.3) is 0 Å². The average molecular weight is 536 g/mol. The van der Waals surface area contributed by atoms with Crippen LogP contribution in [0.4, 0.5) is 0 Å². The van der Waals surface area contributed by atoms with Gasteiger partial charge in [0.2, 0.25) is 5.91 Å². The highest BCUT2D eigenvalue weighted by atomic mass is 16.6. The molecule has 0 radical (unpaired) electrons. The molecule has 1 aromatic carbocycles. The van der Waals surface area contributed by atoms with Gasteiger partial charge in [0, 0.05) is 12.0 Å². The van der Waals surface area contributed by atoms with Crippen molar-refractivity contribution in [2.75, 3.05) is 6.61 Å². The van der Waals surface area contributed by atoms with Gasteiger partial charge in [-0.1, -0.05) is 49.8 Å². The summed E-state index contributed by atoms with van der Waals surface area (Å²) in [5.41, 5.74) is 4.62. The van der Waals surface area contributed by atoms with Crippen molar-refractivity contribution in [3.05, 3.63) is 58.8 Å². The Hall–Kier alpha value is -2.97. The largest absolute Gasteiger partial charge is 0.545 e. The minimum absolute atomic E-state index is 0.0516. The molecule has 3 saturated carbocycles. The first-order valence-corrected chi connectivity index (χ1v) is 14.1. The molecule has 0 saturated heterocycles. The molecule has 0 unspecified atom stereocenters. The van der Waals surface area contributed by atoms with Crippen molar-refractivity contribution in [1.29, 1.82) is 0 Å². The van der Waals surface area contributed by atoms with E-state index in [9.17, 15) is 24.6 Å². The summed E-state index contributed by atoms with van der Waals surface area (Å²) in [6.45, 7) is 6.19. The molecule has 1 aromatic rings. The number of hydrogen-bond donors (Lipinski definition) is 3. The van der Waals surface area contributed by atoms with Crippen LogP contribution in [-0.2, 0) is 21.0 Å². The fourth-order valence-corrected chi connectivity index (χ4v) is 8.28. The molecule has 5 rings (SSSR count). The third-order valence-electron chi connectivity index (χ3n) is 10.6. The van der Waals surface area contributed by atoms with Crippen molar-refractivity contribution in [3.63, 3.8) is 0 Å². The Balaban J connectivity index is 1.14. The zero-order chi connectivity index (χ0) is 28.0. The van der Waals surface area contributed by atoms with Gasteiger partial charge in [-0.15, -0.1) is 0 Å². The zero-order valence-corrected chi connectivity index (χ0v) is 23.0. The van der Waals surface area contributed by atoms with Gasteiger partial charge in [0.25, 0.3) is 0 Å². The number of Topliss-reactive ketones (excluding diaryl/α,β-unsaturated/α-hetero) is 1. The number of rotatable bonds is 8. The number of carbonyl (C=O) groups is 3. The summed E-state index contributed by atoms with van der Waals surface area (Å²) in [6.07, 6.45) is 10.7. The van der Waals surface area contributed by atoms with Crippen molar-refractivity contribution >= 4 is 17.7 Å². The monoisotopic (exact) mass is 535 g/mol. The van der Waals surface area contributed by atoms with E-state index in [1.54, 1.807) is 19.1 Å². The van der Waals surface area contributed by atoms with Crippen LogP contribution in [0, 0.1) is 28.6 Å². The molecule has 4 aliphatic carbocycles. The Bertz CT molecular complexity index is 1220. The number of hydrogen-bond acceptors (Lipinski definition) is 7. The third kappa shape index (κ3) is 4.72. The van der Waals surface area contributed by atoms with Gasteiger partial charge in [-0.25, -0.2) is 0 Å². The number of fused-ring (bicyclic) bond motifs is 5. The molecule has 0 heterocycles. The maximum Gasteiger partial charge on any atom is 0.249 e. The highest BCUT2D eigenvalue weighted by molar-refractivity contribution is 5.86. The van der Waals surface area contributed by atoms with Crippen LogP contribution in [-0.4, -0.2) is 35.0 Å². The number of aliphatic hydroxyl groups is 1. The molecule has 210 valence electrons. The van der Waals surface area contributed by atoms with Gasteiger partial charge >= 0.3 is 0 Å². The second kappa shape index (κ2) is 10.2. The summed E-state index contributed by atoms with van der Waals surface area (Å²) < 4.78 is 0. The molecule has 39 heavy (non-hydrogen) atoms. The molecule has 0 aromatic heterocycles. The first kappa shape index (κ1) is 27.6. The summed E-state index contributed by atoms with van der Waals surface area (Å²) in [4.78, 5) is 41.0.